The molecule has 2 aromatic rings. The summed E-state index contributed by atoms with van der Waals surface area (Å²) in [5, 5.41) is 11.2. The maximum Gasteiger partial charge on any atom is 0.191 e. The number of benzene rings is 1. The molecule has 1 aromatic heterocycles. The molecule has 0 aliphatic heterocycles. The van der Waals surface area contributed by atoms with Crippen molar-refractivity contribution in [1.29, 1.82) is 0 Å². The lowest BCUT2D eigenvalue weighted by Gasteiger charge is -2.18. The molecule has 0 saturated heterocycles. The summed E-state index contributed by atoms with van der Waals surface area (Å²) in [6, 6.07) is 7.78. The minimum absolute atomic E-state index is 0.0641. The van der Waals surface area contributed by atoms with Gasteiger partial charge in [-0.3, -0.25) is 9.67 Å². The van der Waals surface area contributed by atoms with Gasteiger partial charge in [-0.2, -0.15) is 5.10 Å². The number of guanidine groups is 1. The zero-order chi connectivity index (χ0) is 20.9. The van der Waals surface area contributed by atoms with Crippen molar-refractivity contribution in [3.05, 3.63) is 52.3 Å². The lowest BCUT2D eigenvalue weighted by atomic mass is 10.1. The number of nitrogens with zero attached hydrogens (tertiary/aromatic N) is 3. The summed E-state index contributed by atoms with van der Waals surface area (Å²) in [5.74, 6) is 0.793. The van der Waals surface area contributed by atoms with Crippen LogP contribution in [-0.4, -0.2) is 43.5 Å². The van der Waals surface area contributed by atoms with Crippen LogP contribution in [0.3, 0.4) is 0 Å². The Labute approximate surface area is 168 Å². The van der Waals surface area contributed by atoms with Crippen LogP contribution in [0.4, 0.5) is 0 Å². The third kappa shape index (κ3) is 6.37. The number of aliphatic imine (C=N–C) groups is 1. The predicted octanol–water partition coefficient (Wildman–Crippen LogP) is 1.88. The summed E-state index contributed by atoms with van der Waals surface area (Å²) < 4.78 is 24.7. The fourth-order valence-electron chi connectivity index (χ4n) is 3.14. The van der Waals surface area contributed by atoms with Gasteiger partial charge in [-0.05, 0) is 43.9 Å². The van der Waals surface area contributed by atoms with E-state index in [1.54, 1.807) is 7.05 Å². The zero-order valence-corrected chi connectivity index (χ0v) is 18.4. The summed E-state index contributed by atoms with van der Waals surface area (Å²) in [6.07, 6.45) is 2.11. The van der Waals surface area contributed by atoms with Crippen molar-refractivity contribution in [3.63, 3.8) is 0 Å². The molecule has 8 heteroatoms. The van der Waals surface area contributed by atoms with Gasteiger partial charge in [0, 0.05) is 38.6 Å². The van der Waals surface area contributed by atoms with E-state index in [-0.39, 0.29) is 11.8 Å². The van der Waals surface area contributed by atoms with Crippen molar-refractivity contribution in [3.8, 4) is 0 Å². The molecule has 2 rings (SSSR count). The molecule has 1 heterocycles. The summed E-state index contributed by atoms with van der Waals surface area (Å²) in [7, 11) is 0.697. The van der Waals surface area contributed by atoms with Crippen molar-refractivity contribution in [1.82, 2.24) is 20.4 Å². The largest absolute Gasteiger partial charge is 0.354 e. The minimum Gasteiger partial charge on any atom is -0.354 e. The highest BCUT2D eigenvalue weighted by atomic mass is 32.2. The van der Waals surface area contributed by atoms with Gasteiger partial charge in [0.2, 0.25) is 0 Å². The van der Waals surface area contributed by atoms with E-state index >= 15 is 0 Å². The van der Waals surface area contributed by atoms with Crippen LogP contribution < -0.4 is 10.6 Å². The molecule has 28 heavy (non-hydrogen) atoms. The maximum atomic E-state index is 11.4. The first-order valence-corrected chi connectivity index (χ1v) is 11.4. The van der Waals surface area contributed by atoms with Gasteiger partial charge in [0.25, 0.3) is 0 Å². The van der Waals surface area contributed by atoms with Crippen molar-refractivity contribution in [2.24, 2.45) is 12.0 Å². The van der Waals surface area contributed by atoms with Gasteiger partial charge >= 0.3 is 0 Å². The normalized spacial score (nSPS) is 13.4. The lowest BCUT2D eigenvalue weighted by Crippen LogP contribution is -2.42. The van der Waals surface area contributed by atoms with E-state index in [2.05, 4.69) is 34.6 Å². The molecule has 7 nitrogen and oxygen atoms in total. The highest BCUT2D eigenvalue weighted by Crippen LogP contribution is 2.14. The Morgan fingerprint density at radius 3 is 2.32 bits per heavy atom. The van der Waals surface area contributed by atoms with Gasteiger partial charge in [-0.15, -0.1) is 0 Å². The van der Waals surface area contributed by atoms with Crippen LogP contribution in [0.25, 0.3) is 0 Å². The fraction of sp³-hybridized carbons (Fsp3) is 0.500. The molecule has 0 aliphatic carbocycles. The molecule has 0 radical (unpaired) electrons. The van der Waals surface area contributed by atoms with Gasteiger partial charge in [-0.25, -0.2) is 8.42 Å². The average molecular weight is 406 g/mol. The molecule has 0 spiro atoms. The van der Waals surface area contributed by atoms with Crippen LogP contribution in [0.5, 0.6) is 0 Å². The number of hydrogen-bond acceptors (Lipinski definition) is 4. The third-order valence-corrected chi connectivity index (χ3v) is 5.55. The monoisotopic (exact) mass is 405 g/mol. The first kappa shape index (κ1) is 21.9. The molecule has 1 atom stereocenters. The second-order valence-electron chi connectivity index (χ2n) is 7.33. The van der Waals surface area contributed by atoms with E-state index in [1.807, 2.05) is 42.9 Å². The molecule has 0 bridgehead atoms. The number of hydrogen-bond donors (Lipinski definition) is 2. The maximum absolute atomic E-state index is 11.4. The molecular formula is C20H31N5O2S. The molecule has 2 N–H and O–H groups in total. The van der Waals surface area contributed by atoms with E-state index < -0.39 is 9.84 Å². The van der Waals surface area contributed by atoms with Crippen LogP contribution >= 0.6 is 0 Å². The summed E-state index contributed by atoms with van der Waals surface area (Å²) in [4.78, 5) is 4.30. The second kappa shape index (κ2) is 9.23. The Kier molecular flexibility index (Phi) is 7.23. The smallest absolute Gasteiger partial charge is 0.191 e. The van der Waals surface area contributed by atoms with Gasteiger partial charge in [0.1, 0.15) is 0 Å². The Morgan fingerprint density at radius 1 is 1.21 bits per heavy atom. The Hall–Kier alpha value is -2.35. The molecule has 0 saturated carbocycles. The van der Waals surface area contributed by atoms with Crippen LogP contribution in [-0.2, 0) is 35.6 Å². The Bertz CT molecular complexity index is 930. The second-order valence-corrected chi connectivity index (χ2v) is 9.48. The summed E-state index contributed by atoms with van der Waals surface area (Å²) in [6.45, 7) is 6.85. The molecule has 0 aliphatic rings. The fourth-order valence-corrected chi connectivity index (χ4v) is 3.94. The summed E-state index contributed by atoms with van der Waals surface area (Å²) in [5.41, 5.74) is 5.37. The van der Waals surface area contributed by atoms with Crippen molar-refractivity contribution in [2.45, 2.75) is 45.5 Å². The Balaban J connectivity index is 1.90. The zero-order valence-electron chi connectivity index (χ0n) is 17.6. The highest BCUT2D eigenvalue weighted by molar-refractivity contribution is 7.89. The van der Waals surface area contributed by atoms with Crippen LogP contribution in [0.15, 0.2) is 29.3 Å². The van der Waals surface area contributed by atoms with Crippen LogP contribution in [0.2, 0.25) is 0 Å². The molecule has 0 fully saturated rings. The highest BCUT2D eigenvalue weighted by Gasteiger charge is 2.14. The first-order chi connectivity index (χ1) is 13.1. The van der Waals surface area contributed by atoms with Gasteiger partial charge in [-0.1, -0.05) is 24.3 Å². The predicted molar refractivity (Wildman–Crippen MR) is 114 cm³/mol. The summed E-state index contributed by atoms with van der Waals surface area (Å²) >= 11 is 0. The number of aryl methyl sites for hydroxylation is 2. The standard InChI is InChI=1S/C20H31N5O2S/c1-14(11-19-15(2)24-25(5)16(19)3)23-20(21-4)22-12-17-7-9-18(10-8-17)13-28(6,26)27/h7-10,14H,11-13H2,1-6H3,(H2,21,22,23). The molecular weight excluding hydrogens is 374 g/mol. The SMILES string of the molecule is CN=C(NCc1ccc(CS(C)(=O)=O)cc1)NC(C)Cc1c(C)nn(C)c1C. The number of nitrogens with one attached hydrogen (secondary N) is 2. The van der Waals surface area contributed by atoms with Crippen molar-refractivity contribution < 1.29 is 8.42 Å². The topological polar surface area (TPSA) is 88.4 Å². The molecule has 1 aromatic carbocycles. The van der Waals surface area contributed by atoms with Crippen molar-refractivity contribution in [2.75, 3.05) is 13.3 Å². The molecule has 0 amide bonds. The number of rotatable bonds is 7. The van der Waals surface area contributed by atoms with E-state index in [4.69, 9.17) is 0 Å². The molecule has 154 valence electrons. The van der Waals surface area contributed by atoms with Crippen molar-refractivity contribution >= 4 is 15.8 Å². The molecule has 1 unspecified atom stereocenters. The average Bonchev–Trinajstić information content (AvgIpc) is 2.84. The van der Waals surface area contributed by atoms with Crippen LogP contribution in [0.1, 0.15) is 35.0 Å². The van der Waals surface area contributed by atoms with Gasteiger partial charge < -0.3 is 10.6 Å². The van der Waals surface area contributed by atoms with E-state index in [0.29, 0.717) is 6.54 Å². The van der Waals surface area contributed by atoms with Crippen LogP contribution in [0, 0.1) is 13.8 Å². The third-order valence-electron chi connectivity index (χ3n) is 4.69. The van der Waals surface area contributed by atoms with E-state index in [9.17, 15) is 8.42 Å². The Morgan fingerprint density at radius 2 is 1.82 bits per heavy atom. The first-order valence-electron chi connectivity index (χ1n) is 9.31. The van der Waals surface area contributed by atoms with Gasteiger partial charge in [0.05, 0.1) is 11.4 Å². The lowest BCUT2D eigenvalue weighted by molar-refractivity contribution is 0.601. The van der Waals surface area contributed by atoms with E-state index in [0.717, 1.165) is 29.2 Å². The minimum atomic E-state index is -3.01. The number of sulfone groups is 1. The number of aromatic nitrogens is 2. The quantitative estimate of drug-likeness (QED) is 0.542. The van der Waals surface area contributed by atoms with Gasteiger partial charge in [0.15, 0.2) is 15.8 Å². The van der Waals surface area contributed by atoms with E-state index in [1.165, 1.54) is 17.5 Å².